The van der Waals surface area contributed by atoms with Crippen molar-refractivity contribution < 1.29 is 19.6 Å². The number of benzene rings is 1. The topological polar surface area (TPSA) is 148 Å². The summed E-state index contributed by atoms with van der Waals surface area (Å²) >= 11 is 0. The zero-order valence-corrected chi connectivity index (χ0v) is 21.1. The van der Waals surface area contributed by atoms with E-state index in [1.807, 2.05) is 71.0 Å². The van der Waals surface area contributed by atoms with Crippen LogP contribution in [0.4, 0.5) is 0 Å². The third kappa shape index (κ3) is 7.22. The second-order valence-corrected chi connectivity index (χ2v) is 9.95. The Hall–Kier alpha value is -2.55. The van der Waals surface area contributed by atoms with Crippen LogP contribution in [0.2, 0.25) is 0 Å². The second-order valence-electron chi connectivity index (χ2n) is 9.95. The van der Waals surface area contributed by atoms with Gasteiger partial charge in [-0.1, -0.05) is 83.5 Å². The van der Waals surface area contributed by atoms with Crippen molar-refractivity contribution in [2.45, 2.75) is 72.3 Å². The molecule has 0 spiro atoms. The Morgan fingerprint density at radius 3 is 2.12 bits per heavy atom. The number of nitrogens with one attached hydrogen (secondary N) is 2. The van der Waals surface area contributed by atoms with Crippen molar-refractivity contribution in [3.63, 3.8) is 0 Å². The predicted octanol–water partition coefficient (Wildman–Crippen LogP) is 3.35. The number of hydrogen-bond donors (Lipinski definition) is 5. The number of allylic oxidation sites excluding steroid dienone is 1. The Morgan fingerprint density at radius 1 is 1.06 bits per heavy atom. The van der Waals surface area contributed by atoms with E-state index in [-0.39, 0.29) is 37.5 Å². The SMILES string of the molecule is CCCC(CC(C)C)(C(=O)NN)C(=O)[C@@](N)(CC(C)C)[C@H](C/C=C/c1ccccc1)C(=O)NO. The van der Waals surface area contributed by atoms with E-state index in [4.69, 9.17) is 11.6 Å². The molecule has 1 aromatic rings. The summed E-state index contributed by atoms with van der Waals surface area (Å²) in [6.07, 6.45) is 4.89. The minimum absolute atomic E-state index is 0.000746. The van der Waals surface area contributed by atoms with Gasteiger partial charge in [0, 0.05) is 0 Å². The summed E-state index contributed by atoms with van der Waals surface area (Å²) < 4.78 is 0. The molecule has 7 N–H and O–H groups in total. The summed E-state index contributed by atoms with van der Waals surface area (Å²) in [6, 6.07) is 9.50. The average molecular weight is 475 g/mol. The van der Waals surface area contributed by atoms with Crippen molar-refractivity contribution >= 4 is 23.7 Å². The minimum Gasteiger partial charge on any atom is -0.318 e. The van der Waals surface area contributed by atoms with Crippen LogP contribution in [0, 0.1) is 23.2 Å². The number of hydrogen-bond acceptors (Lipinski definition) is 6. The number of rotatable bonds is 14. The highest BCUT2D eigenvalue weighted by Gasteiger charge is 2.56. The van der Waals surface area contributed by atoms with Crippen molar-refractivity contribution in [3.05, 3.63) is 42.0 Å². The van der Waals surface area contributed by atoms with Gasteiger partial charge in [-0.3, -0.25) is 25.0 Å². The number of nitrogens with two attached hydrogens (primary N) is 2. The molecule has 8 nitrogen and oxygen atoms in total. The van der Waals surface area contributed by atoms with Crippen molar-refractivity contribution in [2.24, 2.45) is 34.7 Å². The Bertz CT molecular complexity index is 840. The van der Waals surface area contributed by atoms with E-state index in [0.717, 1.165) is 5.56 Å². The lowest BCUT2D eigenvalue weighted by atomic mass is 9.61. The van der Waals surface area contributed by atoms with Gasteiger partial charge in [-0.25, -0.2) is 11.3 Å². The maximum atomic E-state index is 14.3. The van der Waals surface area contributed by atoms with Crippen LogP contribution in [-0.4, -0.2) is 28.3 Å². The van der Waals surface area contributed by atoms with Crippen LogP contribution in [0.3, 0.4) is 0 Å². The summed E-state index contributed by atoms with van der Waals surface area (Å²) in [5, 5.41) is 9.52. The lowest BCUT2D eigenvalue weighted by molar-refractivity contribution is -0.153. The van der Waals surface area contributed by atoms with E-state index in [1.165, 1.54) is 0 Å². The highest BCUT2D eigenvalue weighted by atomic mass is 16.5. The Kier molecular flexibility index (Phi) is 11.6. The van der Waals surface area contributed by atoms with Gasteiger partial charge < -0.3 is 5.73 Å². The van der Waals surface area contributed by atoms with Crippen LogP contribution in [0.25, 0.3) is 6.08 Å². The molecule has 8 heteroatoms. The number of hydrazine groups is 1. The van der Waals surface area contributed by atoms with Gasteiger partial charge in [0.25, 0.3) is 0 Å². The number of Topliss-reactive ketones (excluding diaryl/α,β-unsaturated/α-hetero) is 1. The van der Waals surface area contributed by atoms with Crippen molar-refractivity contribution in [1.82, 2.24) is 10.9 Å². The van der Waals surface area contributed by atoms with E-state index in [1.54, 1.807) is 11.6 Å². The predicted molar refractivity (Wildman–Crippen MR) is 134 cm³/mol. The van der Waals surface area contributed by atoms with Crippen LogP contribution in [0.1, 0.15) is 72.3 Å². The molecule has 1 rings (SSSR count). The zero-order valence-electron chi connectivity index (χ0n) is 21.1. The number of ketones is 1. The lowest BCUT2D eigenvalue weighted by Gasteiger charge is -2.43. The first-order valence-corrected chi connectivity index (χ1v) is 12.0. The van der Waals surface area contributed by atoms with Crippen LogP contribution in [-0.2, 0) is 14.4 Å². The summed E-state index contributed by atoms with van der Waals surface area (Å²) in [7, 11) is 0. The fourth-order valence-corrected chi connectivity index (χ4v) is 4.93. The van der Waals surface area contributed by atoms with E-state index in [2.05, 4.69) is 5.43 Å². The smallest absolute Gasteiger partial charge is 0.249 e. The molecule has 0 aliphatic rings. The first-order chi connectivity index (χ1) is 16.0. The second kappa shape index (κ2) is 13.4. The zero-order chi connectivity index (χ0) is 25.9. The van der Waals surface area contributed by atoms with Gasteiger partial charge in [-0.15, -0.1) is 0 Å². The molecule has 1 unspecified atom stereocenters. The van der Waals surface area contributed by atoms with E-state index in [0.29, 0.717) is 6.42 Å². The molecule has 0 aliphatic heterocycles. The van der Waals surface area contributed by atoms with Crippen molar-refractivity contribution in [1.29, 1.82) is 0 Å². The fraction of sp³-hybridized carbons (Fsp3) is 0.577. The van der Waals surface area contributed by atoms with Gasteiger partial charge >= 0.3 is 0 Å². The van der Waals surface area contributed by atoms with Crippen LogP contribution in [0.5, 0.6) is 0 Å². The first-order valence-electron chi connectivity index (χ1n) is 12.0. The quantitative estimate of drug-likeness (QED) is 0.0918. The van der Waals surface area contributed by atoms with Gasteiger partial charge in [0.2, 0.25) is 11.8 Å². The first kappa shape index (κ1) is 29.5. The molecule has 0 bridgehead atoms. The van der Waals surface area contributed by atoms with Gasteiger partial charge in [0.05, 0.1) is 11.5 Å². The monoisotopic (exact) mass is 474 g/mol. The normalized spacial score (nSPS) is 16.2. The summed E-state index contributed by atoms with van der Waals surface area (Å²) in [5.41, 5.74) is 8.43. The van der Waals surface area contributed by atoms with Crippen LogP contribution >= 0.6 is 0 Å². The number of hydroxylamine groups is 1. The molecule has 2 amide bonds. The Morgan fingerprint density at radius 2 is 1.65 bits per heavy atom. The third-order valence-electron chi connectivity index (χ3n) is 6.13. The Labute approximate surface area is 203 Å². The molecule has 190 valence electrons. The summed E-state index contributed by atoms with van der Waals surface area (Å²) in [4.78, 5) is 40.3. The molecule has 3 atom stereocenters. The lowest BCUT2D eigenvalue weighted by Crippen LogP contribution is -2.66. The third-order valence-corrected chi connectivity index (χ3v) is 6.13. The molecule has 0 aromatic heterocycles. The molecular formula is C26H42N4O4. The van der Waals surface area contributed by atoms with Gasteiger partial charge in [0.1, 0.15) is 5.41 Å². The van der Waals surface area contributed by atoms with Gasteiger partial charge in [0.15, 0.2) is 5.78 Å². The molecule has 0 saturated heterocycles. The molecule has 0 saturated carbocycles. The highest BCUT2D eigenvalue weighted by Crippen LogP contribution is 2.41. The molecule has 34 heavy (non-hydrogen) atoms. The molecule has 1 aromatic carbocycles. The van der Waals surface area contributed by atoms with Crippen LogP contribution < -0.4 is 22.5 Å². The minimum atomic E-state index is -1.71. The average Bonchev–Trinajstić information content (AvgIpc) is 2.79. The molecular weight excluding hydrogens is 432 g/mol. The summed E-state index contributed by atoms with van der Waals surface area (Å²) in [5.74, 6) is 2.49. The van der Waals surface area contributed by atoms with Gasteiger partial charge in [-0.2, -0.15) is 0 Å². The number of carbonyl (C=O) groups excluding carboxylic acids is 3. The highest BCUT2D eigenvalue weighted by molar-refractivity contribution is 6.11. The largest absolute Gasteiger partial charge is 0.318 e. The maximum Gasteiger partial charge on any atom is 0.249 e. The van der Waals surface area contributed by atoms with E-state index < -0.39 is 34.5 Å². The number of amides is 2. The fourth-order valence-electron chi connectivity index (χ4n) is 4.93. The van der Waals surface area contributed by atoms with E-state index in [9.17, 15) is 19.6 Å². The molecule has 0 fully saturated rings. The molecule has 0 heterocycles. The summed E-state index contributed by atoms with van der Waals surface area (Å²) in [6.45, 7) is 9.52. The standard InChI is InChI=1S/C26H42N4O4/c1-6-15-25(16-18(2)3,24(33)29-28)23(32)26(27,17-19(4)5)21(22(31)30-34)14-10-13-20-11-8-7-9-12-20/h7-13,18-19,21,34H,6,14-17,27-28H2,1-5H3,(H,29,33)(H,30,31)/b13-10+/t21-,25?,26-/m1/s1. The van der Waals surface area contributed by atoms with Crippen molar-refractivity contribution in [2.75, 3.05) is 0 Å². The Balaban J connectivity index is 3.61. The van der Waals surface area contributed by atoms with E-state index >= 15 is 0 Å². The maximum absolute atomic E-state index is 14.3. The molecule has 0 aliphatic carbocycles. The van der Waals surface area contributed by atoms with Crippen LogP contribution in [0.15, 0.2) is 36.4 Å². The molecule has 0 radical (unpaired) electrons. The van der Waals surface area contributed by atoms with Gasteiger partial charge in [-0.05, 0) is 43.1 Å². The van der Waals surface area contributed by atoms with Crippen molar-refractivity contribution in [3.8, 4) is 0 Å². The number of carbonyl (C=O) groups is 3.